The van der Waals surface area contributed by atoms with Gasteiger partial charge in [0.15, 0.2) is 0 Å². The standard InChI is InChI=1S/C10H18N2O3/c1-10(6-11)7-12(9(13)15-10)5-8-3-2-4-14-8/h8H,2-7,11H2,1H3. The van der Waals surface area contributed by atoms with Crippen molar-refractivity contribution in [3.63, 3.8) is 0 Å². The van der Waals surface area contributed by atoms with Gasteiger partial charge in [-0.3, -0.25) is 0 Å². The lowest BCUT2D eigenvalue weighted by atomic mass is 10.1. The molecule has 0 aromatic rings. The van der Waals surface area contributed by atoms with Crippen molar-refractivity contribution in [1.29, 1.82) is 0 Å². The minimum Gasteiger partial charge on any atom is -0.440 e. The Bertz CT molecular complexity index is 253. The molecular formula is C10H18N2O3. The summed E-state index contributed by atoms with van der Waals surface area (Å²) in [6, 6.07) is 0. The summed E-state index contributed by atoms with van der Waals surface area (Å²) in [5.41, 5.74) is 5.05. The monoisotopic (exact) mass is 214 g/mol. The zero-order valence-electron chi connectivity index (χ0n) is 9.07. The first-order valence-corrected chi connectivity index (χ1v) is 5.42. The second-order valence-corrected chi connectivity index (χ2v) is 4.54. The van der Waals surface area contributed by atoms with E-state index in [-0.39, 0.29) is 12.2 Å². The highest BCUT2D eigenvalue weighted by molar-refractivity contribution is 5.70. The molecule has 0 saturated carbocycles. The van der Waals surface area contributed by atoms with Gasteiger partial charge in [-0.05, 0) is 19.8 Å². The molecular weight excluding hydrogens is 196 g/mol. The van der Waals surface area contributed by atoms with Crippen LogP contribution in [0.2, 0.25) is 0 Å². The van der Waals surface area contributed by atoms with Crippen molar-refractivity contribution in [2.24, 2.45) is 5.73 Å². The summed E-state index contributed by atoms with van der Waals surface area (Å²) in [5, 5.41) is 0. The van der Waals surface area contributed by atoms with Gasteiger partial charge in [-0.15, -0.1) is 0 Å². The molecule has 0 aliphatic carbocycles. The molecule has 0 bridgehead atoms. The van der Waals surface area contributed by atoms with Crippen LogP contribution in [0.3, 0.4) is 0 Å². The number of hydrogen-bond donors (Lipinski definition) is 1. The van der Waals surface area contributed by atoms with Gasteiger partial charge in [-0.2, -0.15) is 0 Å². The van der Waals surface area contributed by atoms with Gasteiger partial charge >= 0.3 is 6.09 Å². The zero-order chi connectivity index (χ0) is 10.9. The number of rotatable bonds is 3. The number of cyclic esters (lactones) is 1. The molecule has 2 saturated heterocycles. The van der Waals surface area contributed by atoms with Crippen molar-refractivity contribution < 1.29 is 14.3 Å². The fraction of sp³-hybridized carbons (Fsp3) is 0.900. The number of amides is 1. The zero-order valence-corrected chi connectivity index (χ0v) is 9.07. The van der Waals surface area contributed by atoms with Crippen molar-refractivity contribution in [1.82, 2.24) is 4.90 Å². The van der Waals surface area contributed by atoms with E-state index in [1.165, 1.54) is 0 Å². The fourth-order valence-electron chi connectivity index (χ4n) is 2.06. The third-order valence-corrected chi connectivity index (χ3v) is 3.00. The first-order valence-electron chi connectivity index (χ1n) is 5.42. The molecule has 2 atom stereocenters. The van der Waals surface area contributed by atoms with Gasteiger partial charge < -0.3 is 20.1 Å². The molecule has 0 aromatic heterocycles. The molecule has 0 aromatic carbocycles. The van der Waals surface area contributed by atoms with E-state index >= 15 is 0 Å². The molecule has 15 heavy (non-hydrogen) atoms. The van der Waals surface area contributed by atoms with Gasteiger partial charge in [0.2, 0.25) is 0 Å². The molecule has 2 N–H and O–H groups in total. The molecule has 0 spiro atoms. The average Bonchev–Trinajstić information content (AvgIpc) is 2.77. The summed E-state index contributed by atoms with van der Waals surface area (Å²) in [7, 11) is 0. The van der Waals surface area contributed by atoms with Crippen LogP contribution in [-0.2, 0) is 9.47 Å². The van der Waals surface area contributed by atoms with E-state index in [4.69, 9.17) is 15.2 Å². The normalized spacial score (nSPS) is 36.0. The number of nitrogens with two attached hydrogens (primary N) is 1. The minimum absolute atomic E-state index is 0.178. The molecule has 2 aliphatic heterocycles. The van der Waals surface area contributed by atoms with E-state index < -0.39 is 5.60 Å². The van der Waals surface area contributed by atoms with E-state index in [1.807, 2.05) is 6.92 Å². The quantitative estimate of drug-likeness (QED) is 0.735. The molecule has 5 nitrogen and oxygen atoms in total. The Hall–Kier alpha value is -0.810. The minimum atomic E-state index is -0.518. The average molecular weight is 214 g/mol. The lowest BCUT2D eigenvalue weighted by molar-refractivity contribution is 0.0746. The predicted octanol–water partition coefficient (Wildman–Crippen LogP) is 0.335. The Kier molecular flexibility index (Phi) is 2.84. The molecule has 2 heterocycles. The Labute approximate surface area is 89.5 Å². The molecule has 86 valence electrons. The molecule has 2 unspecified atom stereocenters. The molecule has 0 radical (unpaired) electrons. The van der Waals surface area contributed by atoms with Gasteiger partial charge in [-0.25, -0.2) is 4.79 Å². The van der Waals surface area contributed by atoms with Crippen molar-refractivity contribution in [2.45, 2.75) is 31.5 Å². The molecule has 1 amide bonds. The van der Waals surface area contributed by atoms with Crippen LogP contribution in [-0.4, -0.2) is 48.9 Å². The third kappa shape index (κ3) is 2.23. The van der Waals surface area contributed by atoms with Gasteiger partial charge in [0.1, 0.15) is 5.60 Å². The summed E-state index contributed by atoms with van der Waals surface area (Å²) in [6.45, 7) is 4.24. The molecule has 5 heteroatoms. The lowest BCUT2D eigenvalue weighted by Gasteiger charge is -2.20. The van der Waals surface area contributed by atoms with Crippen LogP contribution in [0.4, 0.5) is 4.79 Å². The summed E-state index contributed by atoms with van der Waals surface area (Å²) in [6.07, 6.45) is 2.03. The number of carbonyl (C=O) groups excluding carboxylic acids is 1. The topological polar surface area (TPSA) is 64.8 Å². The van der Waals surface area contributed by atoms with Crippen LogP contribution in [0.1, 0.15) is 19.8 Å². The summed E-state index contributed by atoms with van der Waals surface area (Å²) >= 11 is 0. The maximum Gasteiger partial charge on any atom is 0.410 e. The number of hydrogen-bond acceptors (Lipinski definition) is 4. The van der Waals surface area contributed by atoms with E-state index in [9.17, 15) is 4.79 Å². The predicted molar refractivity (Wildman–Crippen MR) is 54.5 cm³/mol. The second-order valence-electron chi connectivity index (χ2n) is 4.54. The molecule has 2 aliphatic rings. The summed E-state index contributed by atoms with van der Waals surface area (Å²) < 4.78 is 10.7. The van der Waals surface area contributed by atoms with Gasteiger partial charge in [-0.1, -0.05) is 0 Å². The van der Waals surface area contributed by atoms with E-state index in [1.54, 1.807) is 4.90 Å². The number of nitrogens with zero attached hydrogens (tertiary/aromatic N) is 1. The number of carbonyl (C=O) groups is 1. The molecule has 2 fully saturated rings. The van der Waals surface area contributed by atoms with Crippen LogP contribution in [0.5, 0.6) is 0 Å². The smallest absolute Gasteiger partial charge is 0.410 e. The van der Waals surface area contributed by atoms with E-state index in [0.717, 1.165) is 19.4 Å². The van der Waals surface area contributed by atoms with Crippen molar-refractivity contribution in [3.8, 4) is 0 Å². The highest BCUT2D eigenvalue weighted by atomic mass is 16.6. The van der Waals surface area contributed by atoms with Gasteiger partial charge in [0, 0.05) is 13.2 Å². The van der Waals surface area contributed by atoms with E-state index in [0.29, 0.717) is 19.6 Å². The fourth-order valence-corrected chi connectivity index (χ4v) is 2.06. The van der Waals surface area contributed by atoms with Crippen molar-refractivity contribution >= 4 is 6.09 Å². The van der Waals surface area contributed by atoms with Crippen LogP contribution >= 0.6 is 0 Å². The summed E-state index contributed by atoms with van der Waals surface area (Å²) in [5.74, 6) is 0. The molecule has 2 rings (SSSR count). The Morgan fingerprint density at radius 2 is 2.47 bits per heavy atom. The Morgan fingerprint density at radius 1 is 1.67 bits per heavy atom. The largest absolute Gasteiger partial charge is 0.440 e. The van der Waals surface area contributed by atoms with Crippen LogP contribution in [0, 0.1) is 0 Å². The van der Waals surface area contributed by atoms with Crippen molar-refractivity contribution in [2.75, 3.05) is 26.2 Å². The Morgan fingerprint density at radius 3 is 3.00 bits per heavy atom. The highest BCUT2D eigenvalue weighted by Gasteiger charge is 2.41. The first kappa shape index (κ1) is 10.7. The van der Waals surface area contributed by atoms with Gasteiger partial charge in [0.05, 0.1) is 19.2 Å². The first-order chi connectivity index (χ1) is 7.13. The third-order valence-electron chi connectivity index (χ3n) is 3.00. The number of ether oxygens (including phenoxy) is 2. The van der Waals surface area contributed by atoms with Crippen LogP contribution < -0.4 is 5.73 Å². The maximum atomic E-state index is 11.5. The van der Waals surface area contributed by atoms with Crippen LogP contribution in [0.15, 0.2) is 0 Å². The van der Waals surface area contributed by atoms with Gasteiger partial charge in [0.25, 0.3) is 0 Å². The maximum absolute atomic E-state index is 11.5. The second kappa shape index (κ2) is 3.98. The Balaban J connectivity index is 1.90. The van der Waals surface area contributed by atoms with Crippen molar-refractivity contribution in [3.05, 3.63) is 0 Å². The van der Waals surface area contributed by atoms with Crippen LogP contribution in [0.25, 0.3) is 0 Å². The van der Waals surface area contributed by atoms with E-state index in [2.05, 4.69) is 0 Å². The summed E-state index contributed by atoms with van der Waals surface area (Å²) in [4.78, 5) is 13.2. The highest BCUT2D eigenvalue weighted by Crippen LogP contribution is 2.23. The SMILES string of the molecule is CC1(CN)CN(CC2CCCO2)C(=O)O1. The lowest BCUT2D eigenvalue weighted by Crippen LogP contribution is -2.40.